The molecule has 0 aromatic heterocycles. The molecule has 1 aromatic rings. The Morgan fingerprint density at radius 1 is 1.20 bits per heavy atom. The van der Waals surface area contributed by atoms with Gasteiger partial charge in [-0.15, -0.1) is 0 Å². The van der Waals surface area contributed by atoms with Crippen molar-refractivity contribution in [1.82, 2.24) is 10.2 Å². The maximum absolute atomic E-state index is 12.5. The molecule has 4 fully saturated rings. The molecule has 1 atom stereocenters. The average molecular weight is 342 g/mol. The third-order valence-corrected chi connectivity index (χ3v) is 5.83. The number of carbonyl (C=O) groups excluding carboxylic acids is 2. The quantitative estimate of drug-likeness (QED) is 0.886. The zero-order valence-corrected chi connectivity index (χ0v) is 14.8. The van der Waals surface area contributed by atoms with Crippen LogP contribution in [0.5, 0.6) is 0 Å². The van der Waals surface area contributed by atoms with Crippen LogP contribution in [-0.4, -0.2) is 49.1 Å². The lowest BCUT2D eigenvalue weighted by molar-refractivity contribution is -0.117. The Balaban J connectivity index is 1.43. The molecule has 4 saturated heterocycles. The second kappa shape index (κ2) is 6.67. The number of hydrogen-bond acceptors (Lipinski definition) is 3. The Morgan fingerprint density at radius 2 is 2.00 bits per heavy atom. The number of piperidine rings is 3. The van der Waals surface area contributed by atoms with Crippen LogP contribution in [0.4, 0.5) is 16.2 Å². The van der Waals surface area contributed by atoms with Gasteiger partial charge in [0.1, 0.15) is 0 Å². The van der Waals surface area contributed by atoms with Crippen LogP contribution in [0.15, 0.2) is 18.2 Å². The number of fused-ring (bicyclic) bond motifs is 3. The fraction of sp³-hybridized carbons (Fsp3) is 0.579. The number of benzene rings is 1. The van der Waals surface area contributed by atoms with E-state index < -0.39 is 0 Å². The molecule has 3 amide bonds. The molecule has 0 radical (unpaired) electrons. The van der Waals surface area contributed by atoms with E-state index in [1.807, 2.05) is 25.1 Å². The van der Waals surface area contributed by atoms with Crippen LogP contribution in [0, 0.1) is 12.8 Å². The van der Waals surface area contributed by atoms with Crippen molar-refractivity contribution >= 4 is 23.3 Å². The first-order valence-corrected chi connectivity index (χ1v) is 9.31. The Morgan fingerprint density at radius 3 is 2.64 bits per heavy atom. The average Bonchev–Trinajstić information content (AvgIpc) is 3.04. The van der Waals surface area contributed by atoms with Gasteiger partial charge in [0.15, 0.2) is 0 Å². The van der Waals surface area contributed by atoms with Crippen LogP contribution in [-0.2, 0) is 4.79 Å². The zero-order chi connectivity index (χ0) is 17.4. The summed E-state index contributed by atoms with van der Waals surface area (Å²) in [5.41, 5.74) is 2.64. The molecule has 4 aliphatic heterocycles. The molecule has 134 valence electrons. The molecule has 1 aromatic carbocycles. The van der Waals surface area contributed by atoms with Gasteiger partial charge in [-0.2, -0.15) is 0 Å². The van der Waals surface area contributed by atoms with Gasteiger partial charge >= 0.3 is 6.03 Å². The monoisotopic (exact) mass is 342 g/mol. The van der Waals surface area contributed by atoms with Crippen LogP contribution in [0.25, 0.3) is 0 Å². The van der Waals surface area contributed by atoms with Crippen LogP contribution >= 0.6 is 0 Å². The third-order valence-electron chi connectivity index (χ3n) is 5.83. The van der Waals surface area contributed by atoms with Crippen LogP contribution in [0.3, 0.4) is 0 Å². The largest absolute Gasteiger partial charge is 0.334 e. The summed E-state index contributed by atoms with van der Waals surface area (Å²) in [5, 5.41) is 6.14. The van der Waals surface area contributed by atoms with E-state index in [9.17, 15) is 9.59 Å². The van der Waals surface area contributed by atoms with Crippen molar-refractivity contribution in [3.8, 4) is 0 Å². The smallest absolute Gasteiger partial charge is 0.319 e. The Labute approximate surface area is 148 Å². The van der Waals surface area contributed by atoms with Crippen molar-refractivity contribution in [2.45, 2.75) is 38.6 Å². The molecule has 0 saturated carbocycles. The predicted octanol–water partition coefficient (Wildman–Crippen LogP) is 2.34. The molecule has 4 heterocycles. The number of aryl methyl sites for hydroxylation is 1. The van der Waals surface area contributed by atoms with Gasteiger partial charge in [-0.05, 0) is 62.9 Å². The normalized spacial score (nSPS) is 28.3. The molecule has 0 aliphatic carbocycles. The van der Waals surface area contributed by atoms with E-state index in [-0.39, 0.29) is 18.0 Å². The van der Waals surface area contributed by atoms with Crippen LogP contribution in [0.2, 0.25) is 0 Å². The molecule has 5 rings (SSSR count). The van der Waals surface area contributed by atoms with E-state index in [1.165, 1.54) is 12.8 Å². The minimum Gasteiger partial charge on any atom is -0.334 e. The van der Waals surface area contributed by atoms with Gasteiger partial charge in [0.2, 0.25) is 5.91 Å². The molecule has 25 heavy (non-hydrogen) atoms. The van der Waals surface area contributed by atoms with Gasteiger partial charge in [-0.1, -0.05) is 6.07 Å². The minimum absolute atomic E-state index is 0.147. The van der Waals surface area contributed by atoms with Gasteiger partial charge in [0.05, 0.1) is 0 Å². The van der Waals surface area contributed by atoms with Crippen molar-refractivity contribution in [1.29, 1.82) is 0 Å². The van der Waals surface area contributed by atoms with Crippen molar-refractivity contribution < 1.29 is 9.59 Å². The first kappa shape index (κ1) is 16.4. The molecule has 0 spiro atoms. The number of rotatable bonds is 3. The van der Waals surface area contributed by atoms with Gasteiger partial charge in [0, 0.05) is 36.9 Å². The summed E-state index contributed by atoms with van der Waals surface area (Å²) in [6, 6.07) is 5.92. The highest BCUT2D eigenvalue weighted by molar-refractivity contribution is 5.97. The van der Waals surface area contributed by atoms with Crippen LogP contribution in [0.1, 0.15) is 31.2 Å². The van der Waals surface area contributed by atoms with E-state index in [4.69, 9.17) is 0 Å². The number of urea groups is 1. The molecule has 0 unspecified atom stereocenters. The molecular formula is C19H26N4O2. The van der Waals surface area contributed by atoms with E-state index >= 15 is 0 Å². The van der Waals surface area contributed by atoms with E-state index in [2.05, 4.69) is 15.5 Å². The Bertz CT molecular complexity index is 682. The topological polar surface area (TPSA) is 64.7 Å². The maximum atomic E-state index is 12.5. The number of amides is 3. The van der Waals surface area contributed by atoms with E-state index in [0.29, 0.717) is 12.3 Å². The Hall–Kier alpha value is -2.08. The molecular weight excluding hydrogens is 316 g/mol. The summed E-state index contributed by atoms with van der Waals surface area (Å²) in [5.74, 6) is 0.761. The molecule has 4 aliphatic rings. The number of nitrogens with zero attached hydrogens (tertiary/aromatic N) is 2. The van der Waals surface area contributed by atoms with Crippen molar-refractivity contribution in [2.75, 3.05) is 36.4 Å². The standard InChI is InChI=1S/C19H26N4O2/c1-13-4-5-15(23-8-2-3-18(23)24)11-16(13)20-19(25)21-17-12-22-9-6-14(17)7-10-22/h4-5,11,14,17H,2-3,6-10,12H2,1H3,(H2,20,21,25)/t17-/m1/s1. The Kier molecular flexibility index (Phi) is 4.37. The fourth-order valence-corrected chi connectivity index (χ4v) is 4.29. The van der Waals surface area contributed by atoms with Gasteiger partial charge < -0.3 is 20.4 Å². The lowest BCUT2D eigenvalue weighted by atomic mass is 9.84. The summed E-state index contributed by atoms with van der Waals surface area (Å²) >= 11 is 0. The first-order valence-electron chi connectivity index (χ1n) is 9.31. The van der Waals surface area contributed by atoms with Crippen LogP contribution < -0.4 is 15.5 Å². The molecule has 2 N–H and O–H groups in total. The number of anilines is 2. The number of nitrogens with one attached hydrogen (secondary N) is 2. The molecule has 6 heteroatoms. The number of carbonyl (C=O) groups is 2. The minimum atomic E-state index is -0.147. The summed E-state index contributed by atoms with van der Waals surface area (Å²) in [6.45, 7) is 6.01. The highest BCUT2D eigenvalue weighted by Crippen LogP contribution is 2.29. The third kappa shape index (κ3) is 3.35. The van der Waals surface area contributed by atoms with Crippen molar-refractivity contribution in [3.05, 3.63) is 23.8 Å². The second-order valence-corrected chi connectivity index (χ2v) is 7.49. The SMILES string of the molecule is Cc1ccc(N2CCCC2=O)cc1NC(=O)N[C@@H]1CN2CCC1CC2. The van der Waals surface area contributed by atoms with Gasteiger partial charge in [-0.25, -0.2) is 4.79 Å². The van der Waals surface area contributed by atoms with Gasteiger partial charge in [-0.3, -0.25) is 4.79 Å². The number of hydrogen-bond donors (Lipinski definition) is 2. The maximum Gasteiger partial charge on any atom is 0.319 e. The summed E-state index contributed by atoms with van der Waals surface area (Å²) in [7, 11) is 0. The highest BCUT2D eigenvalue weighted by Gasteiger charge is 2.34. The summed E-state index contributed by atoms with van der Waals surface area (Å²) < 4.78 is 0. The van der Waals surface area contributed by atoms with E-state index in [1.54, 1.807) is 4.90 Å². The van der Waals surface area contributed by atoms with Crippen molar-refractivity contribution in [3.63, 3.8) is 0 Å². The zero-order valence-electron chi connectivity index (χ0n) is 14.8. The summed E-state index contributed by atoms with van der Waals surface area (Å²) in [4.78, 5) is 28.7. The second-order valence-electron chi connectivity index (χ2n) is 7.49. The highest BCUT2D eigenvalue weighted by atomic mass is 16.2. The van der Waals surface area contributed by atoms with Crippen molar-refractivity contribution in [2.24, 2.45) is 5.92 Å². The van der Waals surface area contributed by atoms with E-state index in [0.717, 1.165) is 49.5 Å². The predicted molar refractivity (Wildman–Crippen MR) is 97.9 cm³/mol. The molecule has 2 bridgehead atoms. The molecule has 6 nitrogen and oxygen atoms in total. The summed E-state index contributed by atoms with van der Waals surface area (Å²) in [6.07, 6.45) is 3.86. The lowest BCUT2D eigenvalue weighted by Gasteiger charge is -2.44. The van der Waals surface area contributed by atoms with Gasteiger partial charge in [0.25, 0.3) is 0 Å². The first-order chi connectivity index (χ1) is 12.1. The fourth-order valence-electron chi connectivity index (χ4n) is 4.29. The lowest BCUT2D eigenvalue weighted by Crippen LogP contribution is -2.57.